The molecule has 4 aliphatic heterocycles. The number of piperazine rings is 2. The molecule has 4 nitrogen and oxygen atoms in total. The molecule has 4 heterocycles. The molecule has 5 aliphatic carbocycles. The van der Waals surface area contributed by atoms with Gasteiger partial charge in [0.05, 0.1) is 0 Å². The van der Waals surface area contributed by atoms with Gasteiger partial charge in [0.25, 0.3) is 0 Å². The second-order valence-electron chi connectivity index (χ2n) is 17.5. The summed E-state index contributed by atoms with van der Waals surface area (Å²) in [5.74, 6) is 3.76. The van der Waals surface area contributed by atoms with Gasteiger partial charge >= 0.3 is 0 Å². The molecule has 4 saturated heterocycles. The molecule has 0 bridgehead atoms. The zero-order valence-electron chi connectivity index (χ0n) is 28.0. The summed E-state index contributed by atoms with van der Waals surface area (Å²) >= 11 is 0. The molecule has 46 heavy (non-hydrogen) atoms. The fraction of sp³-hybridized carbons (Fsp3) is 0.714. The molecule has 2 aromatic carbocycles. The van der Waals surface area contributed by atoms with Gasteiger partial charge in [-0.1, -0.05) is 74.9 Å². The Kier molecular flexibility index (Phi) is 6.50. The van der Waals surface area contributed by atoms with Crippen molar-refractivity contribution in [3.63, 3.8) is 0 Å². The van der Waals surface area contributed by atoms with Gasteiger partial charge in [-0.05, 0) is 112 Å². The highest BCUT2D eigenvalue weighted by molar-refractivity contribution is 5.54. The van der Waals surface area contributed by atoms with Crippen molar-refractivity contribution in [2.75, 3.05) is 9.80 Å². The van der Waals surface area contributed by atoms with Gasteiger partial charge in [0.1, 0.15) is 0 Å². The molecule has 9 fully saturated rings. The van der Waals surface area contributed by atoms with Crippen LogP contribution in [0.25, 0.3) is 0 Å². The van der Waals surface area contributed by atoms with Gasteiger partial charge in [0, 0.05) is 71.8 Å². The fourth-order valence-corrected chi connectivity index (χ4v) is 15.0. The van der Waals surface area contributed by atoms with Gasteiger partial charge in [-0.3, -0.25) is 9.80 Å². The first kappa shape index (κ1) is 27.9. The molecule has 4 heteroatoms. The Labute approximate surface area is 277 Å². The molecule has 244 valence electrons. The Bertz CT molecular complexity index is 1310. The summed E-state index contributed by atoms with van der Waals surface area (Å²) in [5.41, 5.74) is 3.08. The van der Waals surface area contributed by atoms with E-state index < -0.39 is 0 Å². The van der Waals surface area contributed by atoms with Crippen LogP contribution in [0.4, 0.5) is 11.4 Å². The second kappa shape index (κ2) is 10.7. The SMILES string of the molecule is c1ccc(N2C3CC4C(CC3N3C5CCCCC5C5CCCC2C53)N(c2ccccc2)C2CCCC3C5CCCCC5N4C32)cc1. The molecule has 0 spiro atoms. The first-order valence-electron chi connectivity index (χ1n) is 20.1. The van der Waals surface area contributed by atoms with E-state index in [1.54, 1.807) is 0 Å². The highest BCUT2D eigenvalue weighted by atomic mass is 15.4. The van der Waals surface area contributed by atoms with Crippen LogP contribution in [0, 0.1) is 23.7 Å². The Morgan fingerprint density at radius 2 is 0.739 bits per heavy atom. The van der Waals surface area contributed by atoms with Gasteiger partial charge in [-0.25, -0.2) is 0 Å². The van der Waals surface area contributed by atoms with Crippen LogP contribution in [0.1, 0.15) is 103 Å². The van der Waals surface area contributed by atoms with Crippen LogP contribution >= 0.6 is 0 Å². The quantitative estimate of drug-likeness (QED) is 0.338. The standard InChI is InChI=1S/C42H56N4/c1-3-13-27(14-4-1)43-35-23-11-19-31-29-17-7-9-21-33(29)45(41(31)35)39-26-38-40(25-37(39)43)46-34-22-10-8-18-30(34)32-20-12-24-36(42(32)46)44(38)28-15-5-2-6-16-28/h1-6,13-16,29-42H,7-12,17-26H2. The maximum absolute atomic E-state index is 3.31. The normalized spacial score (nSPS) is 47.7. The Morgan fingerprint density at radius 3 is 1.20 bits per heavy atom. The topological polar surface area (TPSA) is 13.0 Å². The van der Waals surface area contributed by atoms with Crippen molar-refractivity contribution in [3.8, 4) is 0 Å². The summed E-state index contributed by atoms with van der Waals surface area (Å²) in [6.07, 6.45) is 23.2. The lowest BCUT2D eigenvalue weighted by Gasteiger charge is -2.66. The van der Waals surface area contributed by atoms with E-state index in [1.807, 2.05) is 0 Å². The molecule has 0 amide bonds. The van der Waals surface area contributed by atoms with Gasteiger partial charge in [-0.2, -0.15) is 0 Å². The third-order valence-electron chi connectivity index (χ3n) is 16.0. The largest absolute Gasteiger partial charge is 0.362 e. The third-order valence-corrected chi connectivity index (χ3v) is 16.0. The zero-order chi connectivity index (χ0) is 29.9. The van der Waals surface area contributed by atoms with Crippen molar-refractivity contribution in [1.82, 2.24) is 9.80 Å². The molecule has 9 aliphatic rings. The van der Waals surface area contributed by atoms with Crippen molar-refractivity contribution in [1.29, 1.82) is 0 Å². The summed E-state index contributed by atoms with van der Waals surface area (Å²) in [5, 5.41) is 0. The molecular weight excluding hydrogens is 560 g/mol. The monoisotopic (exact) mass is 616 g/mol. The average Bonchev–Trinajstić information content (AvgIpc) is 3.64. The van der Waals surface area contributed by atoms with E-state index in [0.29, 0.717) is 36.3 Å². The lowest BCUT2D eigenvalue weighted by molar-refractivity contribution is -0.0527. The number of para-hydroxylation sites is 2. The van der Waals surface area contributed by atoms with Crippen LogP contribution in [0.15, 0.2) is 60.7 Å². The third kappa shape index (κ3) is 3.81. The van der Waals surface area contributed by atoms with E-state index in [9.17, 15) is 0 Å². The predicted octanol–water partition coefficient (Wildman–Crippen LogP) is 8.12. The molecule has 0 N–H and O–H groups in total. The predicted molar refractivity (Wildman–Crippen MR) is 187 cm³/mol. The molecule has 14 atom stereocenters. The van der Waals surface area contributed by atoms with E-state index >= 15 is 0 Å². The van der Waals surface area contributed by atoms with Crippen LogP contribution in [-0.2, 0) is 0 Å². The first-order valence-corrected chi connectivity index (χ1v) is 20.1. The van der Waals surface area contributed by atoms with Crippen LogP contribution in [0.3, 0.4) is 0 Å². The summed E-state index contributed by atoms with van der Waals surface area (Å²) in [6, 6.07) is 31.1. The molecule has 0 aromatic heterocycles. The van der Waals surface area contributed by atoms with E-state index in [0.717, 1.165) is 47.8 Å². The summed E-state index contributed by atoms with van der Waals surface area (Å²) in [6.45, 7) is 0. The number of hydrogen-bond donors (Lipinski definition) is 0. The highest BCUT2D eigenvalue weighted by Gasteiger charge is 2.67. The Balaban J connectivity index is 1.07. The second-order valence-corrected chi connectivity index (χ2v) is 17.5. The van der Waals surface area contributed by atoms with E-state index in [2.05, 4.69) is 80.3 Å². The fourth-order valence-electron chi connectivity index (χ4n) is 15.0. The van der Waals surface area contributed by atoms with E-state index in [1.165, 1.54) is 114 Å². The van der Waals surface area contributed by atoms with E-state index in [-0.39, 0.29) is 0 Å². The molecule has 2 aromatic rings. The summed E-state index contributed by atoms with van der Waals surface area (Å²) < 4.78 is 0. The van der Waals surface area contributed by atoms with Gasteiger partial charge < -0.3 is 9.80 Å². The molecule has 0 radical (unpaired) electrons. The van der Waals surface area contributed by atoms with Gasteiger partial charge in [0.15, 0.2) is 0 Å². The minimum Gasteiger partial charge on any atom is -0.362 e. The van der Waals surface area contributed by atoms with Crippen LogP contribution in [-0.4, -0.2) is 70.2 Å². The Morgan fingerprint density at radius 1 is 0.348 bits per heavy atom. The van der Waals surface area contributed by atoms with Crippen molar-refractivity contribution in [2.45, 2.75) is 163 Å². The number of hydrogen-bond acceptors (Lipinski definition) is 4. The first-order chi connectivity index (χ1) is 22.9. The average molecular weight is 617 g/mol. The maximum atomic E-state index is 3.31. The van der Waals surface area contributed by atoms with Crippen molar-refractivity contribution >= 4 is 11.4 Å². The Hall–Kier alpha value is -2.04. The van der Waals surface area contributed by atoms with E-state index in [4.69, 9.17) is 0 Å². The number of nitrogens with zero attached hydrogens (tertiary/aromatic N) is 4. The van der Waals surface area contributed by atoms with Crippen molar-refractivity contribution in [3.05, 3.63) is 60.7 Å². The van der Waals surface area contributed by atoms with Gasteiger partial charge in [-0.15, -0.1) is 0 Å². The molecular formula is C42H56N4. The van der Waals surface area contributed by atoms with Crippen LogP contribution in [0.2, 0.25) is 0 Å². The van der Waals surface area contributed by atoms with Crippen molar-refractivity contribution in [2.24, 2.45) is 23.7 Å². The molecule has 14 unspecified atom stereocenters. The molecule has 5 saturated carbocycles. The van der Waals surface area contributed by atoms with Crippen LogP contribution in [0.5, 0.6) is 0 Å². The van der Waals surface area contributed by atoms with Crippen molar-refractivity contribution < 1.29 is 0 Å². The zero-order valence-corrected chi connectivity index (χ0v) is 28.0. The minimum absolute atomic E-state index is 0.642. The lowest BCUT2D eigenvalue weighted by atomic mass is 9.68. The number of benzene rings is 2. The molecule has 11 rings (SSSR count). The van der Waals surface area contributed by atoms with Gasteiger partial charge in [0.2, 0.25) is 0 Å². The van der Waals surface area contributed by atoms with Crippen LogP contribution < -0.4 is 9.80 Å². The highest BCUT2D eigenvalue weighted by Crippen LogP contribution is 2.60. The summed E-state index contributed by atoms with van der Waals surface area (Å²) in [4.78, 5) is 12.8. The summed E-state index contributed by atoms with van der Waals surface area (Å²) in [7, 11) is 0. The number of rotatable bonds is 2. The number of anilines is 2. The maximum Gasteiger partial charge on any atom is 0.0465 e. The lowest BCUT2D eigenvalue weighted by Crippen LogP contribution is -2.78. The minimum atomic E-state index is 0.642. The number of fused-ring (bicyclic) bond motifs is 10. The smallest absolute Gasteiger partial charge is 0.0465 e.